The van der Waals surface area contributed by atoms with E-state index in [1.165, 1.54) is 12.1 Å². The van der Waals surface area contributed by atoms with Gasteiger partial charge in [0.1, 0.15) is 10.8 Å². The van der Waals surface area contributed by atoms with Crippen LogP contribution in [0.4, 0.5) is 5.69 Å². The highest BCUT2D eigenvalue weighted by Gasteiger charge is 2.19. The maximum Gasteiger partial charge on any atom is 0.356 e. The Morgan fingerprint density at radius 3 is 1.35 bits per heavy atom. The maximum absolute atomic E-state index is 10.5. The van der Waals surface area contributed by atoms with Crippen molar-refractivity contribution in [2.45, 2.75) is 78.2 Å². The number of aliphatic hydroxyl groups excluding tert-OH is 6. The highest BCUT2D eigenvalue weighted by Crippen LogP contribution is 2.34. The molecule has 6 unspecified atom stereocenters. The van der Waals surface area contributed by atoms with Crippen molar-refractivity contribution in [3.05, 3.63) is 49.1 Å². The Balaban J connectivity index is 0. The minimum Gasteiger partial charge on any atom is -0.480 e. The predicted octanol–water partition coefficient (Wildman–Crippen LogP) is 3.64. The van der Waals surface area contributed by atoms with Gasteiger partial charge in [0.15, 0.2) is 17.5 Å². The zero-order valence-electron chi connectivity index (χ0n) is 29.8. The van der Waals surface area contributed by atoms with Crippen LogP contribution in [0.3, 0.4) is 0 Å². The van der Waals surface area contributed by atoms with E-state index >= 15 is 0 Å². The molecule has 300 valence electrons. The molecule has 2 aromatic rings. The number of aliphatic hydroxyl groups is 6. The van der Waals surface area contributed by atoms with Gasteiger partial charge in [-0.3, -0.25) is 9.80 Å². The number of hydrogen-bond donors (Lipinski definition) is 9. The Morgan fingerprint density at radius 1 is 0.692 bits per heavy atom. The Morgan fingerprint density at radius 2 is 1.06 bits per heavy atom. The SMILES string of the molecule is CC(O)CN(CC(C)O)CC(C)O.CC(O)CN(CC(C)O)CC(C)O.Nc1c(Cl)c(Cl)nc(C(=O)O)c1Cl.O=C(O)COc1ccc(Cl)cc1Cl. The topological polar surface area (TPSA) is 251 Å². The zero-order chi connectivity index (χ0) is 40.9. The largest absolute Gasteiger partial charge is 0.480 e. The van der Waals surface area contributed by atoms with Gasteiger partial charge >= 0.3 is 11.9 Å². The summed E-state index contributed by atoms with van der Waals surface area (Å²) in [5, 5.41) is 72.1. The monoisotopic (exact) mass is 842 g/mol. The minimum absolute atomic E-state index is 0.0448. The van der Waals surface area contributed by atoms with Crippen LogP contribution in [-0.2, 0) is 4.79 Å². The molecule has 6 atom stereocenters. The van der Waals surface area contributed by atoms with Gasteiger partial charge in [-0.2, -0.15) is 0 Å². The van der Waals surface area contributed by atoms with E-state index in [9.17, 15) is 9.59 Å². The summed E-state index contributed by atoms with van der Waals surface area (Å²) in [4.78, 5) is 27.8. The highest BCUT2D eigenvalue weighted by atomic mass is 35.5. The molecule has 0 fully saturated rings. The van der Waals surface area contributed by atoms with E-state index in [0.717, 1.165) is 0 Å². The molecule has 0 radical (unpaired) electrons. The Kier molecular flexibility index (Phi) is 27.7. The van der Waals surface area contributed by atoms with Crippen molar-refractivity contribution in [2.24, 2.45) is 0 Å². The molecule has 0 amide bonds. The quantitative estimate of drug-likeness (QED) is 0.110. The number of aromatic nitrogens is 1. The van der Waals surface area contributed by atoms with E-state index in [1.54, 1.807) is 47.6 Å². The van der Waals surface area contributed by atoms with Gasteiger partial charge in [-0.15, -0.1) is 0 Å². The lowest BCUT2D eigenvalue weighted by Gasteiger charge is -2.26. The molecule has 15 nitrogen and oxygen atoms in total. The van der Waals surface area contributed by atoms with Gasteiger partial charge in [0, 0.05) is 44.3 Å². The molecule has 1 aromatic carbocycles. The lowest BCUT2D eigenvalue weighted by molar-refractivity contribution is -0.139. The van der Waals surface area contributed by atoms with Crippen molar-refractivity contribution >= 4 is 75.6 Å². The van der Waals surface area contributed by atoms with Crippen molar-refractivity contribution in [1.29, 1.82) is 0 Å². The number of anilines is 1. The fourth-order valence-electron chi connectivity index (χ4n) is 4.09. The number of ether oxygens (including phenoxy) is 1. The third-order valence-corrected chi connectivity index (χ3v) is 7.32. The van der Waals surface area contributed by atoms with Crippen molar-refractivity contribution < 1.29 is 55.2 Å². The number of hydrogen-bond acceptors (Lipinski definition) is 13. The summed E-state index contributed by atoms with van der Waals surface area (Å²) in [6.07, 6.45) is -2.60. The van der Waals surface area contributed by atoms with Gasteiger partial charge < -0.3 is 51.3 Å². The molecule has 0 bridgehead atoms. The first kappa shape index (κ1) is 52.1. The standard InChI is InChI=1S/2C9H21NO3.C8H6Cl2O3.C6H3Cl3N2O2/c2*1-7(11)4-10(5-8(2)12)6-9(3)13;9-5-1-2-7(6(10)3-5)13-4-8(11)12;7-1-3(10)2(8)5(9)11-4(1)6(12)13/h2*7-9,11-13H,4-6H2,1-3H3;1-3H,4H2,(H,11,12);(H2,10,11)(H,12,13). The zero-order valence-corrected chi connectivity index (χ0v) is 33.5. The summed E-state index contributed by atoms with van der Waals surface area (Å²) in [6.45, 7) is 12.6. The van der Waals surface area contributed by atoms with E-state index in [2.05, 4.69) is 4.98 Å². The van der Waals surface area contributed by atoms with Crippen molar-refractivity contribution in [3.8, 4) is 5.75 Å². The lowest BCUT2D eigenvalue weighted by Crippen LogP contribution is -2.40. The number of nitrogens with two attached hydrogens (primary N) is 1. The molecule has 0 aliphatic carbocycles. The number of halogens is 5. The Labute approximate surface area is 329 Å². The van der Waals surface area contributed by atoms with E-state index in [-0.39, 0.29) is 20.9 Å². The number of aromatic carboxylic acids is 1. The second-order valence-electron chi connectivity index (χ2n) is 11.9. The van der Waals surface area contributed by atoms with Crippen LogP contribution in [0.1, 0.15) is 52.0 Å². The van der Waals surface area contributed by atoms with Crippen LogP contribution < -0.4 is 10.5 Å². The van der Waals surface area contributed by atoms with Gasteiger partial charge in [-0.1, -0.05) is 58.0 Å². The third kappa shape index (κ3) is 25.9. The minimum atomic E-state index is -1.31. The number of nitrogen functional groups attached to an aromatic ring is 1. The van der Waals surface area contributed by atoms with Gasteiger partial charge in [0.25, 0.3) is 0 Å². The fourth-order valence-corrected chi connectivity index (χ4v) is 5.15. The first-order valence-electron chi connectivity index (χ1n) is 15.7. The highest BCUT2D eigenvalue weighted by molar-refractivity contribution is 6.46. The molecule has 0 spiro atoms. The smallest absolute Gasteiger partial charge is 0.356 e. The Bertz CT molecular complexity index is 1260. The van der Waals surface area contributed by atoms with Crippen LogP contribution in [0.15, 0.2) is 18.2 Å². The molecular formula is C32H51Cl5N4O11. The van der Waals surface area contributed by atoms with Crippen LogP contribution in [0.2, 0.25) is 25.2 Å². The van der Waals surface area contributed by atoms with Crippen LogP contribution in [0.25, 0.3) is 0 Å². The maximum atomic E-state index is 10.5. The number of benzene rings is 1. The molecule has 0 aliphatic heterocycles. The number of rotatable bonds is 16. The van der Waals surface area contributed by atoms with Crippen molar-refractivity contribution in [2.75, 3.05) is 51.6 Å². The summed E-state index contributed by atoms with van der Waals surface area (Å²) < 4.78 is 4.86. The van der Waals surface area contributed by atoms with Gasteiger partial charge in [0.05, 0.1) is 52.4 Å². The average Bonchev–Trinajstić information content (AvgIpc) is 2.96. The summed E-state index contributed by atoms with van der Waals surface area (Å²) >= 11 is 27.9. The molecule has 0 saturated heterocycles. The molecule has 0 saturated carbocycles. The van der Waals surface area contributed by atoms with Crippen LogP contribution in [0, 0.1) is 0 Å². The number of aliphatic carboxylic acids is 1. The summed E-state index contributed by atoms with van der Waals surface area (Å²) in [5.74, 6) is -2.05. The predicted molar refractivity (Wildman–Crippen MR) is 203 cm³/mol. The van der Waals surface area contributed by atoms with Gasteiger partial charge in [0.2, 0.25) is 0 Å². The normalized spacial score (nSPS) is 14.3. The molecule has 2 rings (SSSR count). The Hall–Kier alpha value is -1.96. The average molecular weight is 845 g/mol. The molecular weight excluding hydrogens is 794 g/mol. The molecule has 20 heteroatoms. The number of carboxylic acids is 2. The second-order valence-corrected chi connectivity index (χ2v) is 13.8. The number of nitrogens with zero attached hydrogens (tertiary/aromatic N) is 3. The summed E-state index contributed by atoms with van der Waals surface area (Å²) in [6, 6.07) is 4.58. The molecule has 0 aliphatic rings. The lowest BCUT2D eigenvalue weighted by atomic mass is 10.2. The summed E-state index contributed by atoms with van der Waals surface area (Å²) in [7, 11) is 0. The molecule has 1 heterocycles. The fraction of sp³-hybridized carbons (Fsp3) is 0.594. The van der Waals surface area contributed by atoms with Crippen molar-refractivity contribution in [3.63, 3.8) is 0 Å². The van der Waals surface area contributed by atoms with Crippen molar-refractivity contribution in [1.82, 2.24) is 14.8 Å². The third-order valence-electron chi connectivity index (χ3n) is 5.65. The first-order valence-corrected chi connectivity index (χ1v) is 17.6. The van der Waals surface area contributed by atoms with E-state index in [0.29, 0.717) is 55.1 Å². The van der Waals surface area contributed by atoms with Gasteiger partial charge in [-0.25, -0.2) is 14.6 Å². The van der Waals surface area contributed by atoms with E-state index in [4.69, 9.17) is 109 Å². The molecule has 1 aromatic heterocycles. The second kappa shape index (κ2) is 27.6. The van der Waals surface area contributed by atoms with E-state index < -0.39 is 60.9 Å². The van der Waals surface area contributed by atoms with Crippen LogP contribution in [0.5, 0.6) is 5.75 Å². The number of carboxylic acid groups (broad SMARTS) is 2. The molecule has 52 heavy (non-hydrogen) atoms. The van der Waals surface area contributed by atoms with Gasteiger partial charge in [-0.05, 0) is 59.7 Å². The number of pyridine rings is 1. The number of carbonyl (C=O) groups is 2. The van der Waals surface area contributed by atoms with Crippen LogP contribution in [-0.4, -0.2) is 150 Å². The first-order chi connectivity index (χ1) is 23.9. The molecule has 10 N–H and O–H groups in total. The van der Waals surface area contributed by atoms with Crippen LogP contribution >= 0.6 is 58.0 Å². The van der Waals surface area contributed by atoms with E-state index in [1.807, 2.05) is 9.80 Å². The summed E-state index contributed by atoms with van der Waals surface area (Å²) in [5.41, 5.74) is 4.88.